The van der Waals surface area contributed by atoms with Crippen molar-refractivity contribution in [2.75, 3.05) is 6.54 Å². The average molecular weight is 199 g/mol. The van der Waals surface area contributed by atoms with Crippen LogP contribution in [0.25, 0.3) is 0 Å². The molecular weight excluding hydrogens is 182 g/mol. The standard InChI is InChI=1S/C14H17N/c1-3-12-8-9-15-14(10-12)13-6-4-11(2)5-7-13/h1,4-7,12,14-15H,8-10H2,2H3/t12-,14-/m0/s1. The van der Waals surface area contributed by atoms with Gasteiger partial charge in [-0.2, -0.15) is 0 Å². The first-order chi connectivity index (χ1) is 7.29. The van der Waals surface area contributed by atoms with Gasteiger partial charge in [0.25, 0.3) is 0 Å². The van der Waals surface area contributed by atoms with Crippen molar-refractivity contribution in [3.63, 3.8) is 0 Å². The first-order valence-electron chi connectivity index (χ1n) is 5.55. The molecule has 2 atom stereocenters. The fourth-order valence-electron chi connectivity index (χ4n) is 2.12. The number of rotatable bonds is 1. The highest BCUT2D eigenvalue weighted by molar-refractivity contribution is 5.25. The molecule has 78 valence electrons. The summed E-state index contributed by atoms with van der Waals surface area (Å²) in [5.74, 6) is 3.32. The van der Waals surface area contributed by atoms with E-state index in [0.29, 0.717) is 12.0 Å². The lowest BCUT2D eigenvalue weighted by Gasteiger charge is -2.28. The third-order valence-corrected chi connectivity index (χ3v) is 3.12. The molecule has 1 aromatic carbocycles. The van der Waals surface area contributed by atoms with Crippen molar-refractivity contribution in [1.82, 2.24) is 5.32 Å². The molecule has 0 aliphatic carbocycles. The Balaban J connectivity index is 2.10. The van der Waals surface area contributed by atoms with Crippen LogP contribution in [0.1, 0.15) is 30.0 Å². The predicted octanol–water partition coefficient (Wildman–Crippen LogP) is 2.67. The maximum atomic E-state index is 5.49. The second kappa shape index (κ2) is 4.51. The molecule has 0 bridgehead atoms. The second-order valence-electron chi connectivity index (χ2n) is 4.31. The lowest BCUT2D eigenvalue weighted by atomic mass is 9.89. The van der Waals surface area contributed by atoms with Crippen LogP contribution in [0.15, 0.2) is 24.3 Å². The Hall–Kier alpha value is -1.26. The van der Waals surface area contributed by atoms with E-state index in [-0.39, 0.29) is 0 Å². The molecule has 0 amide bonds. The van der Waals surface area contributed by atoms with Crippen LogP contribution in [0, 0.1) is 25.2 Å². The van der Waals surface area contributed by atoms with E-state index >= 15 is 0 Å². The number of aryl methyl sites for hydroxylation is 1. The summed E-state index contributed by atoms with van der Waals surface area (Å²) in [5, 5.41) is 3.52. The normalized spacial score (nSPS) is 25.9. The van der Waals surface area contributed by atoms with Crippen LogP contribution in [0.4, 0.5) is 0 Å². The van der Waals surface area contributed by atoms with Gasteiger partial charge in [0.1, 0.15) is 0 Å². The fraction of sp³-hybridized carbons (Fsp3) is 0.429. The molecule has 2 rings (SSSR count). The first-order valence-corrected chi connectivity index (χ1v) is 5.55. The highest BCUT2D eigenvalue weighted by Gasteiger charge is 2.20. The average Bonchev–Trinajstić information content (AvgIpc) is 2.30. The Bertz CT molecular complexity index is 358. The van der Waals surface area contributed by atoms with Crippen molar-refractivity contribution < 1.29 is 0 Å². The van der Waals surface area contributed by atoms with E-state index in [1.54, 1.807) is 0 Å². The van der Waals surface area contributed by atoms with E-state index in [2.05, 4.69) is 42.4 Å². The Morgan fingerprint density at radius 3 is 2.73 bits per heavy atom. The van der Waals surface area contributed by atoms with Crippen molar-refractivity contribution >= 4 is 0 Å². The molecule has 15 heavy (non-hydrogen) atoms. The quantitative estimate of drug-likeness (QED) is 0.686. The number of hydrogen-bond donors (Lipinski definition) is 1. The van der Waals surface area contributed by atoms with Gasteiger partial charge in [-0.25, -0.2) is 0 Å². The summed E-state index contributed by atoms with van der Waals surface area (Å²) in [6.07, 6.45) is 7.67. The topological polar surface area (TPSA) is 12.0 Å². The Labute approximate surface area is 91.9 Å². The lowest BCUT2D eigenvalue weighted by Crippen LogP contribution is -2.31. The summed E-state index contributed by atoms with van der Waals surface area (Å²) in [6, 6.07) is 9.17. The highest BCUT2D eigenvalue weighted by Crippen LogP contribution is 2.26. The summed E-state index contributed by atoms with van der Waals surface area (Å²) < 4.78 is 0. The second-order valence-corrected chi connectivity index (χ2v) is 4.31. The Kier molecular flexibility index (Phi) is 3.08. The smallest absolute Gasteiger partial charge is 0.0332 e. The maximum Gasteiger partial charge on any atom is 0.0332 e. The molecule has 1 heterocycles. The predicted molar refractivity (Wildman–Crippen MR) is 63.5 cm³/mol. The van der Waals surface area contributed by atoms with E-state index in [1.807, 2.05) is 0 Å². The van der Waals surface area contributed by atoms with Gasteiger partial charge in [0.15, 0.2) is 0 Å². The lowest BCUT2D eigenvalue weighted by molar-refractivity contribution is 0.359. The third kappa shape index (κ3) is 2.40. The van der Waals surface area contributed by atoms with Gasteiger partial charge in [-0.15, -0.1) is 12.3 Å². The first kappa shape index (κ1) is 10.3. The monoisotopic (exact) mass is 199 g/mol. The zero-order chi connectivity index (χ0) is 10.7. The van der Waals surface area contributed by atoms with Crippen LogP contribution in [0.5, 0.6) is 0 Å². The molecule has 0 saturated carbocycles. The van der Waals surface area contributed by atoms with Crippen LogP contribution in [-0.2, 0) is 0 Å². The van der Waals surface area contributed by atoms with Gasteiger partial charge < -0.3 is 5.32 Å². The number of hydrogen-bond acceptors (Lipinski definition) is 1. The van der Waals surface area contributed by atoms with Crippen molar-refractivity contribution in [2.45, 2.75) is 25.8 Å². The zero-order valence-corrected chi connectivity index (χ0v) is 9.16. The molecule has 1 aliphatic rings. The van der Waals surface area contributed by atoms with Gasteiger partial charge in [-0.3, -0.25) is 0 Å². The Morgan fingerprint density at radius 1 is 1.33 bits per heavy atom. The van der Waals surface area contributed by atoms with Crippen LogP contribution < -0.4 is 5.32 Å². The SMILES string of the molecule is C#C[C@H]1CCN[C@H](c2ccc(C)cc2)C1. The minimum Gasteiger partial charge on any atom is -0.310 e. The van der Waals surface area contributed by atoms with Crippen LogP contribution in [-0.4, -0.2) is 6.54 Å². The summed E-state index contributed by atoms with van der Waals surface area (Å²) >= 11 is 0. The van der Waals surface area contributed by atoms with E-state index in [1.165, 1.54) is 11.1 Å². The van der Waals surface area contributed by atoms with Gasteiger partial charge >= 0.3 is 0 Å². The van der Waals surface area contributed by atoms with Crippen LogP contribution in [0.2, 0.25) is 0 Å². The largest absolute Gasteiger partial charge is 0.310 e. The van der Waals surface area contributed by atoms with E-state index in [4.69, 9.17) is 6.42 Å². The molecule has 1 heteroatoms. The third-order valence-electron chi connectivity index (χ3n) is 3.12. The molecule has 0 spiro atoms. The molecule has 1 saturated heterocycles. The molecule has 1 nitrogen and oxygen atoms in total. The van der Waals surface area contributed by atoms with Crippen molar-refractivity contribution in [3.05, 3.63) is 35.4 Å². The van der Waals surface area contributed by atoms with Crippen LogP contribution >= 0.6 is 0 Å². The number of nitrogens with one attached hydrogen (secondary N) is 1. The summed E-state index contributed by atoms with van der Waals surface area (Å²) in [5.41, 5.74) is 2.67. The van der Waals surface area contributed by atoms with E-state index < -0.39 is 0 Å². The van der Waals surface area contributed by atoms with Crippen molar-refractivity contribution in [1.29, 1.82) is 0 Å². The van der Waals surface area contributed by atoms with Gasteiger partial charge in [0.2, 0.25) is 0 Å². The summed E-state index contributed by atoms with van der Waals surface area (Å²) in [4.78, 5) is 0. The zero-order valence-electron chi connectivity index (χ0n) is 9.16. The van der Waals surface area contributed by atoms with E-state index in [9.17, 15) is 0 Å². The molecule has 0 unspecified atom stereocenters. The minimum atomic E-state index is 0.442. The molecule has 1 aliphatic heterocycles. The highest BCUT2D eigenvalue weighted by atomic mass is 14.9. The molecular formula is C14H17N. The van der Waals surface area contributed by atoms with Crippen LogP contribution in [0.3, 0.4) is 0 Å². The van der Waals surface area contributed by atoms with Gasteiger partial charge in [-0.1, -0.05) is 29.8 Å². The maximum absolute atomic E-state index is 5.49. The fourth-order valence-corrected chi connectivity index (χ4v) is 2.12. The molecule has 0 aromatic heterocycles. The van der Waals surface area contributed by atoms with Gasteiger partial charge in [0, 0.05) is 12.0 Å². The number of benzene rings is 1. The molecule has 0 radical (unpaired) electrons. The minimum absolute atomic E-state index is 0.442. The summed E-state index contributed by atoms with van der Waals surface area (Å²) in [7, 11) is 0. The van der Waals surface area contributed by atoms with Crippen molar-refractivity contribution in [3.8, 4) is 12.3 Å². The van der Waals surface area contributed by atoms with Gasteiger partial charge in [-0.05, 0) is 31.9 Å². The summed E-state index contributed by atoms with van der Waals surface area (Å²) in [6.45, 7) is 3.15. The number of terminal acetylenes is 1. The Morgan fingerprint density at radius 2 is 2.07 bits per heavy atom. The molecule has 1 N–H and O–H groups in total. The molecule has 1 fully saturated rings. The van der Waals surface area contributed by atoms with Gasteiger partial charge in [0.05, 0.1) is 0 Å². The van der Waals surface area contributed by atoms with Crippen molar-refractivity contribution in [2.24, 2.45) is 5.92 Å². The molecule has 1 aromatic rings. The van der Waals surface area contributed by atoms with E-state index in [0.717, 1.165) is 19.4 Å². The number of piperidine rings is 1.